The lowest BCUT2D eigenvalue weighted by Gasteiger charge is -2.23. The number of amides is 2. The Balaban J connectivity index is 1.75. The molecule has 7 heteroatoms. The zero-order valence-corrected chi connectivity index (χ0v) is 12.1. The van der Waals surface area contributed by atoms with E-state index in [9.17, 15) is 9.59 Å². The molecule has 2 aliphatic rings. The minimum Gasteiger partial charge on any atom is -0.479 e. The number of rotatable bonds is 2. The second kappa shape index (κ2) is 4.53. The zero-order chi connectivity index (χ0) is 14.5. The first kappa shape index (κ1) is 13.5. The van der Waals surface area contributed by atoms with Crippen LogP contribution in [0.15, 0.2) is 18.2 Å². The summed E-state index contributed by atoms with van der Waals surface area (Å²) in [4.78, 5) is 23.4. The van der Waals surface area contributed by atoms with Crippen LogP contribution in [0.5, 0.6) is 5.75 Å². The lowest BCUT2D eigenvalue weighted by molar-refractivity contribution is -0.122. The van der Waals surface area contributed by atoms with Gasteiger partial charge in [-0.1, -0.05) is 0 Å². The molecule has 0 saturated heterocycles. The monoisotopic (exact) mass is 314 g/mol. The Morgan fingerprint density at radius 3 is 2.85 bits per heavy atom. The number of benzene rings is 1. The minimum atomic E-state index is -0.953. The normalized spacial score (nSPS) is 26.1. The van der Waals surface area contributed by atoms with Gasteiger partial charge in [0.15, 0.2) is 6.10 Å². The summed E-state index contributed by atoms with van der Waals surface area (Å²) in [5.74, 6) is -0.270. The highest BCUT2D eigenvalue weighted by Gasteiger charge is 2.56. The van der Waals surface area contributed by atoms with Crippen molar-refractivity contribution in [3.63, 3.8) is 0 Å². The van der Waals surface area contributed by atoms with Crippen LogP contribution in [0.2, 0.25) is 0 Å². The molecule has 2 N–H and O–H groups in total. The summed E-state index contributed by atoms with van der Waals surface area (Å²) in [7, 11) is 0. The number of nitrogens with one attached hydrogen (secondary N) is 2. The molecule has 0 spiro atoms. The van der Waals surface area contributed by atoms with Crippen molar-refractivity contribution < 1.29 is 14.3 Å². The molecule has 5 nitrogen and oxygen atoms in total. The highest BCUT2D eigenvalue weighted by Crippen LogP contribution is 2.53. The van der Waals surface area contributed by atoms with Crippen LogP contribution in [0, 0.1) is 5.92 Å². The third-order valence-corrected chi connectivity index (χ3v) is 4.16. The van der Waals surface area contributed by atoms with Gasteiger partial charge in [0, 0.05) is 5.69 Å². The Morgan fingerprint density at radius 1 is 1.50 bits per heavy atom. The van der Waals surface area contributed by atoms with Crippen molar-refractivity contribution >= 4 is 46.4 Å². The number of alkyl halides is 2. The summed E-state index contributed by atoms with van der Waals surface area (Å²) in [6.07, 6.45) is -0.0768. The minimum absolute atomic E-state index is 0.219. The molecular weight excluding hydrogens is 303 g/mol. The summed E-state index contributed by atoms with van der Waals surface area (Å²) in [5, 5.41) is 5.44. The van der Waals surface area contributed by atoms with E-state index in [4.69, 9.17) is 27.9 Å². The van der Waals surface area contributed by atoms with Gasteiger partial charge >= 0.3 is 0 Å². The van der Waals surface area contributed by atoms with Gasteiger partial charge in [-0.05, 0) is 31.5 Å². The van der Waals surface area contributed by atoms with Gasteiger partial charge in [0.05, 0.1) is 11.6 Å². The van der Waals surface area contributed by atoms with Gasteiger partial charge in [-0.2, -0.15) is 0 Å². The largest absolute Gasteiger partial charge is 0.479 e. The molecule has 106 valence electrons. The van der Waals surface area contributed by atoms with Crippen LogP contribution in [0.3, 0.4) is 0 Å². The van der Waals surface area contributed by atoms with Crippen molar-refractivity contribution in [2.75, 3.05) is 10.6 Å². The van der Waals surface area contributed by atoms with Gasteiger partial charge in [0.1, 0.15) is 10.1 Å². The van der Waals surface area contributed by atoms with E-state index < -0.39 is 16.4 Å². The predicted molar refractivity (Wildman–Crippen MR) is 76.3 cm³/mol. The first-order valence-corrected chi connectivity index (χ1v) is 6.93. The molecule has 1 heterocycles. The molecule has 1 aliphatic carbocycles. The molecule has 1 fully saturated rings. The third-order valence-electron chi connectivity index (χ3n) is 3.32. The summed E-state index contributed by atoms with van der Waals surface area (Å²) >= 11 is 11.7. The predicted octanol–water partition coefficient (Wildman–Crippen LogP) is 2.54. The molecule has 1 aliphatic heterocycles. The molecule has 20 heavy (non-hydrogen) atoms. The number of carbonyl (C=O) groups is 2. The van der Waals surface area contributed by atoms with Crippen LogP contribution in [-0.4, -0.2) is 22.3 Å². The van der Waals surface area contributed by atoms with Crippen molar-refractivity contribution in [3.05, 3.63) is 18.2 Å². The molecule has 0 radical (unpaired) electrons. The van der Waals surface area contributed by atoms with Crippen molar-refractivity contribution in [1.82, 2.24) is 0 Å². The van der Waals surface area contributed by atoms with Crippen molar-refractivity contribution in [2.24, 2.45) is 5.92 Å². The maximum Gasteiger partial charge on any atom is 0.265 e. The highest BCUT2D eigenvalue weighted by molar-refractivity contribution is 6.52. The van der Waals surface area contributed by atoms with Crippen molar-refractivity contribution in [1.29, 1.82) is 0 Å². The highest BCUT2D eigenvalue weighted by atomic mass is 35.5. The first-order valence-electron chi connectivity index (χ1n) is 6.17. The van der Waals surface area contributed by atoms with Gasteiger partial charge < -0.3 is 15.4 Å². The number of halogens is 2. The second-order valence-corrected chi connectivity index (χ2v) is 6.51. The van der Waals surface area contributed by atoms with Gasteiger partial charge in [-0.25, -0.2) is 0 Å². The van der Waals surface area contributed by atoms with Crippen LogP contribution in [0.4, 0.5) is 11.4 Å². The standard InChI is InChI=1S/C13H12Cl2N2O3/c1-6-11(18)17-9-4-7(2-3-10(9)20-6)16-12(19)8-5-13(8,14)15/h2-4,6,8H,5H2,1H3,(H,16,19)(H,17,18)/t6-,8+/m0/s1. The van der Waals surface area contributed by atoms with Crippen LogP contribution in [0.1, 0.15) is 13.3 Å². The molecule has 1 aromatic rings. The molecule has 0 aromatic heterocycles. The van der Waals surface area contributed by atoms with Gasteiger partial charge in [-0.15, -0.1) is 23.2 Å². The Hall–Kier alpha value is -1.46. The molecular formula is C13H12Cl2N2O3. The summed E-state index contributed by atoms with van der Waals surface area (Å²) < 4.78 is 4.48. The van der Waals surface area contributed by atoms with E-state index in [0.29, 0.717) is 23.5 Å². The Bertz CT molecular complexity index is 603. The second-order valence-electron chi connectivity index (χ2n) is 4.97. The molecule has 3 rings (SSSR count). The zero-order valence-electron chi connectivity index (χ0n) is 10.6. The molecule has 0 bridgehead atoms. The Kier molecular flexibility index (Phi) is 3.06. The fourth-order valence-corrected chi connectivity index (χ4v) is 2.52. The van der Waals surface area contributed by atoms with Crippen LogP contribution < -0.4 is 15.4 Å². The van der Waals surface area contributed by atoms with E-state index in [1.807, 2.05) is 0 Å². The number of carbonyl (C=O) groups excluding carboxylic acids is 2. The quantitative estimate of drug-likeness (QED) is 0.824. The third kappa shape index (κ3) is 2.43. The maximum absolute atomic E-state index is 11.9. The maximum atomic E-state index is 11.9. The van der Waals surface area contributed by atoms with Crippen LogP contribution in [-0.2, 0) is 9.59 Å². The van der Waals surface area contributed by atoms with E-state index in [1.165, 1.54) is 0 Å². The van der Waals surface area contributed by atoms with Gasteiger partial charge in [0.25, 0.3) is 5.91 Å². The summed E-state index contributed by atoms with van der Waals surface area (Å²) in [6, 6.07) is 5.04. The number of hydrogen-bond acceptors (Lipinski definition) is 3. The van der Waals surface area contributed by atoms with Gasteiger partial charge in [-0.3, -0.25) is 9.59 Å². The van der Waals surface area contributed by atoms with Crippen molar-refractivity contribution in [3.8, 4) is 5.75 Å². The van der Waals surface area contributed by atoms with Crippen molar-refractivity contribution in [2.45, 2.75) is 23.8 Å². The van der Waals surface area contributed by atoms with Gasteiger partial charge in [0.2, 0.25) is 5.91 Å². The number of ether oxygens (including phenoxy) is 1. The van der Waals surface area contributed by atoms with Crippen LogP contribution in [0.25, 0.3) is 0 Å². The fourth-order valence-electron chi connectivity index (χ4n) is 2.01. The van der Waals surface area contributed by atoms with E-state index in [2.05, 4.69) is 10.6 Å². The Morgan fingerprint density at radius 2 is 2.20 bits per heavy atom. The smallest absolute Gasteiger partial charge is 0.265 e. The molecule has 2 amide bonds. The van der Waals surface area contributed by atoms with E-state index in [-0.39, 0.29) is 11.8 Å². The van der Waals surface area contributed by atoms with E-state index in [0.717, 1.165) is 0 Å². The number of anilines is 2. The molecule has 0 unspecified atom stereocenters. The molecule has 1 saturated carbocycles. The lowest BCUT2D eigenvalue weighted by atomic mass is 10.2. The van der Waals surface area contributed by atoms with E-state index in [1.54, 1.807) is 25.1 Å². The molecule has 1 aromatic carbocycles. The van der Waals surface area contributed by atoms with E-state index >= 15 is 0 Å². The average molecular weight is 315 g/mol. The lowest BCUT2D eigenvalue weighted by Crippen LogP contribution is -2.34. The molecule has 2 atom stereocenters. The average Bonchev–Trinajstić information content (AvgIpc) is 3.00. The topological polar surface area (TPSA) is 67.4 Å². The van der Waals surface area contributed by atoms with Crippen LogP contribution >= 0.6 is 23.2 Å². The number of hydrogen-bond donors (Lipinski definition) is 2. The summed E-state index contributed by atoms with van der Waals surface area (Å²) in [6.45, 7) is 1.67. The Labute approximate surface area is 125 Å². The first-order chi connectivity index (χ1) is 9.37. The summed E-state index contributed by atoms with van der Waals surface area (Å²) in [5.41, 5.74) is 1.09. The number of fused-ring (bicyclic) bond motifs is 1. The SMILES string of the molecule is C[C@@H]1Oc2ccc(NC(=O)[C@H]3CC3(Cl)Cl)cc2NC1=O. The fraction of sp³-hybridized carbons (Fsp3) is 0.385.